The average molecular weight is 334 g/mol. The van der Waals surface area contributed by atoms with Gasteiger partial charge in [0.05, 0.1) is 23.5 Å². The van der Waals surface area contributed by atoms with Gasteiger partial charge in [-0.05, 0) is 25.8 Å². The van der Waals surface area contributed by atoms with Crippen LogP contribution in [0.1, 0.15) is 40.8 Å². The van der Waals surface area contributed by atoms with Crippen LogP contribution in [0.25, 0.3) is 11.4 Å². The van der Waals surface area contributed by atoms with E-state index in [2.05, 4.69) is 25.4 Å². The lowest BCUT2D eigenvalue weighted by Gasteiger charge is -2.23. The minimum atomic E-state index is -0.0926. The van der Waals surface area contributed by atoms with Gasteiger partial charge in [0.1, 0.15) is 5.82 Å². The minimum absolute atomic E-state index is 0.0347. The number of aromatic amines is 1. The topological polar surface area (TPSA) is 87.7 Å². The molecule has 0 radical (unpaired) electrons. The van der Waals surface area contributed by atoms with E-state index in [1.54, 1.807) is 19.2 Å². The van der Waals surface area contributed by atoms with Crippen molar-refractivity contribution in [2.24, 2.45) is 0 Å². The Morgan fingerprint density at radius 1 is 1.24 bits per heavy atom. The van der Waals surface area contributed by atoms with Crippen LogP contribution in [0.15, 0.2) is 42.6 Å². The number of benzene rings is 1. The van der Waals surface area contributed by atoms with Crippen molar-refractivity contribution in [2.75, 3.05) is 6.54 Å². The van der Waals surface area contributed by atoms with E-state index < -0.39 is 0 Å². The number of nitrogens with one attached hydrogen (secondary N) is 1. The smallest absolute Gasteiger partial charge is 0.256 e. The van der Waals surface area contributed by atoms with Gasteiger partial charge in [-0.15, -0.1) is 0 Å². The molecule has 1 fully saturated rings. The number of carbonyl (C=O) groups excluding carboxylic acids is 1. The van der Waals surface area contributed by atoms with Crippen LogP contribution >= 0.6 is 0 Å². The molecule has 7 heteroatoms. The summed E-state index contributed by atoms with van der Waals surface area (Å²) in [5.74, 6) is 1.34. The summed E-state index contributed by atoms with van der Waals surface area (Å²) in [6, 6.07) is 11.4. The predicted octanol–water partition coefficient (Wildman–Crippen LogP) is 2.55. The molecule has 3 heterocycles. The first kappa shape index (κ1) is 15.4. The molecule has 1 N–H and O–H groups in total. The third-order valence-electron chi connectivity index (χ3n) is 4.50. The van der Waals surface area contributed by atoms with Crippen LogP contribution < -0.4 is 0 Å². The molecule has 1 saturated heterocycles. The second kappa shape index (κ2) is 6.43. The van der Waals surface area contributed by atoms with E-state index in [-0.39, 0.29) is 11.9 Å². The second-order valence-electron chi connectivity index (χ2n) is 6.10. The SMILES string of the molecule is Cc1nnccc1C(=O)N1CCCC1c1nc(-c2ccccc2)n[nH]1. The molecule has 1 aliphatic heterocycles. The summed E-state index contributed by atoms with van der Waals surface area (Å²) in [6.45, 7) is 2.50. The normalized spacial score (nSPS) is 17.0. The highest BCUT2D eigenvalue weighted by Crippen LogP contribution is 2.32. The van der Waals surface area contributed by atoms with Gasteiger partial charge in [-0.2, -0.15) is 15.3 Å². The number of H-pyrrole nitrogens is 1. The summed E-state index contributed by atoms with van der Waals surface area (Å²) in [4.78, 5) is 19.4. The van der Waals surface area contributed by atoms with E-state index in [1.165, 1.54) is 0 Å². The first-order chi connectivity index (χ1) is 12.2. The van der Waals surface area contributed by atoms with E-state index >= 15 is 0 Å². The summed E-state index contributed by atoms with van der Waals surface area (Å²) in [5, 5.41) is 15.1. The van der Waals surface area contributed by atoms with Crippen molar-refractivity contribution >= 4 is 5.91 Å². The maximum atomic E-state index is 12.9. The molecule has 25 heavy (non-hydrogen) atoms. The van der Waals surface area contributed by atoms with Gasteiger partial charge < -0.3 is 4.90 Å². The first-order valence-electron chi connectivity index (χ1n) is 8.31. The van der Waals surface area contributed by atoms with E-state index in [0.717, 1.165) is 24.2 Å². The van der Waals surface area contributed by atoms with Crippen LogP contribution in [0.2, 0.25) is 0 Å². The molecule has 0 spiro atoms. The number of rotatable bonds is 3. The molecular weight excluding hydrogens is 316 g/mol. The highest BCUT2D eigenvalue weighted by Gasteiger charge is 2.33. The Morgan fingerprint density at radius 3 is 2.88 bits per heavy atom. The Balaban J connectivity index is 1.61. The van der Waals surface area contributed by atoms with Crippen molar-refractivity contribution < 1.29 is 4.79 Å². The quantitative estimate of drug-likeness (QED) is 0.795. The summed E-state index contributed by atoms with van der Waals surface area (Å²) in [7, 11) is 0. The van der Waals surface area contributed by atoms with Gasteiger partial charge in [0.15, 0.2) is 5.82 Å². The Hall–Kier alpha value is -3.09. The molecule has 1 amide bonds. The van der Waals surface area contributed by atoms with Crippen molar-refractivity contribution in [1.82, 2.24) is 30.3 Å². The molecule has 1 atom stereocenters. The first-order valence-corrected chi connectivity index (χ1v) is 8.31. The number of hydrogen-bond acceptors (Lipinski definition) is 5. The number of hydrogen-bond donors (Lipinski definition) is 1. The molecule has 0 saturated carbocycles. The fourth-order valence-corrected chi connectivity index (χ4v) is 3.22. The van der Waals surface area contributed by atoms with E-state index in [1.807, 2.05) is 35.2 Å². The highest BCUT2D eigenvalue weighted by atomic mass is 16.2. The van der Waals surface area contributed by atoms with Crippen LogP contribution in [0.5, 0.6) is 0 Å². The van der Waals surface area contributed by atoms with E-state index in [9.17, 15) is 4.79 Å². The molecule has 126 valence electrons. The van der Waals surface area contributed by atoms with Crippen molar-refractivity contribution in [3.63, 3.8) is 0 Å². The monoisotopic (exact) mass is 334 g/mol. The van der Waals surface area contributed by atoms with Crippen molar-refractivity contribution in [1.29, 1.82) is 0 Å². The van der Waals surface area contributed by atoms with Gasteiger partial charge in [0.2, 0.25) is 0 Å². The van der Waals surface area contributed by atoms with Gasteiger partial charge in [0, 0.05) is 12.1 Å². The van der Waals surface area contributed by atoms with Crippen molar-refractivity contribution in [2.45, 2.75) is 25.8 Å². The lowest BCUT2D eigenvalue weighted by atomic mass is 10.1. The molecule has 1 aromatic carbocycles. The van der Waals surface area contributed by atoms with Crippen LogP contribution in [-0.2, 0) is 0 Å². The Bertz CT molecular complexity index is 891. The summed E-state index contributed by atoms with van der Waals surface area (Å²) in [6.07, 6.45) is 3.36. The third kappa shape index (κ3) is 2.88. The summed E-state index contributed by atoms with van der Waals surface area (Å²) in [5.41, 5.74) is 2.18. The maximum Gasteiger partial charge on any atom is 0.256 e. The molecule has 1 aliphatic rings. The lowest BCUT2D eigenvalue weighted by Crippen LogP contribution is -2.31. The fourth-order valence-electron chi connectivity index (χ4n) is 3.22. The molecule has 0 aliphatic carbocycles. The van der Waals surface area contributed by atoms with Gasteiger partial charge in [0.25, 0.3) is 5.91 Å². The minimum Gasteiger partial charge on any atom is -0.328 e. The molecule has 3 aromatic rings. The molecular formula is C18H18N6O. The predicted molar refractivity (Wildman–Crippen MR) is 91.6 cm³/mol. The maximum absolute atomic E-state index is 12.9. The van der Waals surface area contributed by atoms with Gasteiger partial charge >= 0.3 is 0 Å². The zero-order chi connectivity index (χ0) is 17.2. The standard InChI is InChI=1S/C18H18N6O/c1-12-14(9-10-19-21-12)18(25)24-11-5-8-15(24)17-20-16(22-23-17)13-6-3-2-4-7-13/h2-4,6-7,9-10,15H,5,8,11H2,1H3,(H,20,22,23). The lowest BCUT2D eigenvalue weighted by molar-refractivity contribution is 0.0728. The number of likely N-dealkylation sites (tertiary alicyclic amines) is 1. The molecule has 2 aromatic heterocycles. The van der Waals surface area contributed by atoms with Crippen LogP contribution in [0, 0.1) is 6.92 Å². The van der Waals surface area contributed by atoms with Crippen molar-refractivity contribution in [3.05, 3.63) is 59.7 Å². The number of carbonyl (C=O) groups is 1. The Morgan fingerprint density at radius 2 is 2.08 bits per heavy atom. The summed E-state index contributed by atoms with van der Waals surface area (Å²) >= 11 is 0. The van der Waals surface area contributed by atoms with Gasteiger partial charge in [-0.25, -0.2) is 4.98 Å². The second-order valence-corrected chi connectivity index (χ2v) is 6.10. The fraction of sp³-hybridized carbons (Fsp3) is 0.278. The van der Waals surface area contributed by atoms with Gasteiger partial charge in [-0.1, -0.05) is 30.3 Å². The van der Waals surface area contributed by atoms with E-state index in [4.69, 9.17) is 0 Å². The zero-order valence-electron chi connectivity index (χ0n) is 13.9. The van der Waals surface area contributed by atoms with Crippen LogP contribution in [0.3, 0.4) is 0 Å². The van der Waals surface area contributed by atoms with Crippen molar-refractivity contribution in [3.8, 4) is 11.4 Å². The number of aromatic nitrogens is 5. The molecule has 4 rings (SSSR count). The largest absolute Gasteiger partial charge is 0.328 e. The van der Waals surface area contributed by atoms with E-state index in [0.29, 0.717) is 23.6 Å². The van der Waals surface area contributed by atoms with Gasteiger partial charge in [-0.3, -0.25) is 9.89 Å². The number of nitrogens with zero attached hydrogens (tertiary/aromatic N) is 5. The van der Waals surface area contributed by atoms with Crippen LogP contribution in [0.4, 0.5) is 0 Å². The Kier molecular flexibility index (Phi) is 3.97. The molecule has 1 unspecified atom stereocenters. The summed E-state index contributed by atoms with van der Waals surface area (Å²) < 4.78 is 0. The number of amides is 1. The molecule has 7 nitrogen and oxygen atoms in total. The average Bonchev–Trinajstić information content (AvgIpc) is 3.31. The molecule has 0 bridgehead atoms. The number of aryl methyl sites for hydroxylation is 1. The Labute approximate surface area is 145 Å². The highest BCUT2D eigenvalue weighted by molar-refractivity contribution is 5.95. The third-order valence-corrected chi connectivity index (χ3v) is 4.50. The zero-order valence-corrected chi connectivity index (χ0v) is 13.9. The van der Waals surface area contributed by atoms with Crippen LogP contribution in [-0.4, -0.2) is 42.7 Å².